The first-order chi connectivity index (χ1) is 4.83. The number of ether oxygens (including phenoxy) is 1. The van der Waals surface area contributed by atoms with Gasteiger partial charge in [0.1, 0.15) is 6.10 Å². The predicted octanol–water partition coefficient (Wildman–Crippen LogP) is 1.10. The van der Waals surface area contributed by atoms with E-state index in [1.54, 1.807) is 0 Å². The monoisotopic (exact) mass is 165 g/mol. The van der Waals surface area contributed by atoms with E-state index in [0.29, 0.717) is 19.8 Å². The fraction of sp³-hybridized carbons (Fsp3) is 1.00. The van der Waals surface area contributed by atoms with Crippen molar-refractivity contribution in [3.05, 3.63) is 0 Å². The third kappa shape index (κ3) is 2.31. The van der Waals surface area contributed by atoms with E-state index in [9.17, 15) is 4.57 Å². The Morgan fingerprint density at radius 1 is 1.60 bits per heavy atom. The first kappa shape index (κ1) is 8.08. The summed E-state index contributed by atoms with van der Waals surface area (Å²) in [5.41, 5.74) is 0. The van der Waals surface area contributed by atoms with Crippen LogP contribution in [0.3, 0.4) is 0 Å². The molecule has 0 saturated carbocycles. The number of hydrogen-bond donors (Lipinski definition) is 0. The van der Waals surface area contributed by atoms with Crippen LogP contribution < -0.4 is 0 Å². The summed E-state index contributed by atoms with van der Waals surface area (Å²) >= 11 is 0. The molecular weight excluding hydrogens is 155 g/mol. The van der Waals surface area contributed by atoms with Gasteiger partial charge in [-0.1, -0.05) is 0 Å². The molecular formula is C5H10O4P. The highest BCUT2D eigenvalue weighted by Gasteiger charge is 2.19. The maximum atomic E-state index is 10.5. The van der Waals surface area contributed by atoms with Gasteiger partial charge in [0.25, 0.3) is 0 Å². The maximum absolute atomic E-state index is 10.5. The van der Waals surface area contributed by atoms with Crippen LogP contribution in [0, 0.1) is 0 Å². The molecule has 1 rings (SSSR count). The Bertz CT molecular complexity index is 117. The van der Waals surface area contributed by atoms with Crippen molar-refractivity contribution in [1.29, 1.82) is 0 Å². The molecule has 0 aromatic heterocycles. The van der Waals surface area contributed by atoms with Crippen LogP contribution in [0.25, 0.3) is 0 Å². The first-order valence-electron chi connectivity index (χ1n) is 3.17. The Morgan fingerprint density at radius 3 is 2.70 bits per heavy atom. The molecule has 10 heavy (non-hydrogen) atoms. The highest BCUT2D eigenvalue weighted by atomic mass is 31.1. The summed E-state index contributed by atoms with van der Waals surface area (Å²) < 4.78 is 25.0. The van der Waals surface area contributed by atoms with Gasteiger partial charge < -0.3 is 4.74 Å². The van der Waals surface area contributed by atoms with Crippen LogP contribution in [-0.4, -0.2) is 25.9 Å². The van der Waals surface area contributed by atoms with Crippen LogP contribution in [0.15, 0.2) is 0 Å². The van der Waals surface area contributed by atoms with E-state index in [2.05, 4.69) is 0 Å². The van der Waals surface area contributed by atoms with Crippen molar-refractivity contribution < 1.29 is 18.3 Å². The summed E-state index contributed by atoms with van der Waals surface area (Å²) in [5, 5.41) is 0. The van der Waals surface area contributed by atoms with Gasteiger partial charge in [-0.15, -0.1) is 0 Å². The van der Waals surface area contributed by atoms with E-state index < -0.39 is 8.25 Å². The summed E-state index contributed by atoms with van der Waals surface area (Å²) in [6.45, 7) is 3.29. The zero-order valence-corrected chi connectivity index (χ0v) is 6.67. The molecule has 0 aliphatic carbocycles. The second-order valence-electron chi connectivity index (χ2n) is 1.89. The summed E-state index contributed by atoms with van der Waals surface area (Å²) in [6.07, 6.45) is -0.0438. The minimum absolute atomic E-state index is 0.0438. The van der Waals surface area contributed by atoms with Gasteiger partial charge in [-0.05, 0) is 6.92 Å². The average Bonchev–Trinajstić information content (AvgIpc) is 1.95. The normalized spacial score (nSPS) is 30.5. The lowest BCUT2D eigenvalue weighted by Gasteiger charge is -2.19. The zero-order chi connectivity index (χ0) is 7.40. The van der Waals surface area contributed by atoms with E-state index in [-0.39, 0.29) is 6.10 Å². The Morgan fingerprint density at radius 2 is 2.20 bits per heavy atom. The summed E-state index contributed by atoms with van der Waals surface area (Å²) in [4.78, 5) is 0. The summed E-state index contributed by atoms with van der Waals surface area (Å²) in [5.74, 6) is 0. The van der Waals surface area contributed by atoms with Crippen molar-refractivity contribution >= 4 is 8.25 Å². The lowest BCUT2D eigenvalue weighted by atomic mass is 10.4. The van der Waals surface area contributed by atoms with Crippen molar-refractivity contribution in [2.24, 2.45) is 0 Å². The van der Waals surface area contributed by atoms with Crippen molar-refractivity contribution in [2.45, 2.75) is 13.0 Å². The van der Waals surface area contributed by atoms with Gasteiger partial charge in [-0.2, -0.15) is 0 Å². The van der Waals surface area contributed by atoms with Gasteiger partial charge in [0, 0.05) is 6.61 Å². The van der Waals surface area contributed by atoms with Gasteiger partial charge in [0.05, 0.1) is 13.2 Å². The predicted molar refractivity (Wildman–Crippen MR) is 34.9 cm³/mol. The fourth-order valence-electron chi connectivity index (χ4n) is 0.705. The Hall–Kier alpha value is -0.0200. The molecule has 0 aromatic rings. The molecule has 4 nitrogen and oxygen atoms in total. The van der Waals surface area contributed by atoms with Crippen molar-refractivity contribution in [3.8, 4) is 0 Å². The highest BCUT2D eigenvalue weighted by molar-refractivity contribution is 7.33. The quantitative estimate of drug-likeness (QED) is 0.574. The molecule has 5 heteroatoms. The molecule has 0 atom stereocenters. The topological polar surface area (TPSA) is 44.8 Å². The Labute approximate surface area is 60.4 Å². The van der Waals surface area contributed by atoms with E-state index in [1.807, 2.05) is 6.92 Å². The van der Waals surface area contributed by atoms with Gasteiger partial charge in [0.15, 0.2) is 0 Å². The Balaban J connectivity index is 2.19. The van der Waals surface area contributed by atoms with Gasteiger partial charge in [-0.25, -0.2) is 4.57 Å². The van der Waals surface area contributed by atoms with Crippen molar-refractivity contribution in [3.63, 3.8) is 0 Å². The molecule has 59 valence electrons. The van der Waals surface area contributed by atoms with E-state index in [0.717, 1.165) is 0 Å². The SMILES string of the molecule is CCOC1CO[P](=O)OC1. The molecule has 0 N–H and O–H groups in total. The minimum atomic E-state index is -1.86. The molecule has 0 spiro atoms. The number of rotatable bonds is 2. The van der Waals surface area contributed by atoms with Crippen LogP contribution in [0.2, 0.25) is 0 Å². The zero-order valence-electron chi connectivity index (χ0n) is 5.78. The van der Waals surface area contributed by atoms with E-state index in [4.69, 9.17) is 13.8 Å². The summed E-state index contributed by atoms with van der Waals surface area (Å²) in [6, 6.07) is 0. The third-order valence-electron chi connectivity index (χ3n) is 1.13. The molecule has 1 aliphatic rings. The van der Waals surface area contributed by atoms with Crippen LogP contribution in [-0.2, 0) is 18.3 Å². The van der Waals surface area contributed by atoms with Crippen molar-refractivity contribution in [1.82, 2.24) is 0 Å². The molecule has 0 amide bonds. The second kappa shape index (κ2) is 3.98. The van der Waals surface area contributed by atoms with Gasteiger partial charge >= 0.3 is 8.25 Å². The standard InChI is InChI=1S/C5H10O4P/c1-2-7-5-3-8-10(6)9-4-5/h5H,2-4H2,1H3. The molecule has 0 unspecified atom stereocenters. The fourth-order valence-corrected chi connectivity index (χ4v) is 1.36. The lowest BCUT2D eigenvalue weighted by Crippen LogP contribution is -2.26. The highest BCUT2D eigenvalue weighted by Crippen LogP contribution is 2.28. The average molecular weight is 165 g/mol. The summed E-state index contributed by atoms with van der Waals surface area (Å²) in [7, 11) is -1.86. The number of hydrogen-bond acceptors (Lipinski definition) is 4. The molecule has 0 aromatic carbocycles. The molecule has 0 bridgehead atoms. The van der Waals surface area contributed by atoms with Crippen molar-refractivity contribution in [2.75, 3.05) is 19.8 Å². The minimum Gasteiger partial charge on any atom is -0.374 e. The van der Waals surface area contributed by atoms with Crippen LogP contribution in [0.1, 0.15) is 6.92 Å². The molecule has 1 saturated heterocycles. The third-order valence-corrected chi connectivity index (χ3v) is 1.85. The van der Waals surface area contributed by atoms with E-state index >= 15 is 0 Å². The molecule has 1 radical (unpaired) electrons. The largest absolute Gasteiger partial charge is 0.374 e. The Kier molecular flexibility index (Phi) is 3.22. The lowest BCUT2D eigenvalue weighted by molar-refractivity contribution is -0.0268. The smallest absolute Gasteiger partial charge is 0.368 e. The van der Waals surface area contributed by atoms with E-state index in [1.165, 1.54) is 0 Å². The second-order valence-corrected chi connectivity index (χ2v) is 2.86. The van der Waals surface area contributed by atoms with Crippen LogP contribution >= 0.6 is 8.25 Å². The van der Waals surface area contributed by atoms with Gasteiger partial charge in [0.2, 0.25) is 0 Å². The first-order valence-corrected chi connectivity index (χ1v) is 4.27. The molecule has 1 aliphatic heterocycles. The molecule has 1 heterocycles. The maximum Gasteiger partial charge on any atom is 0.368 e. The molecule has 1 fully saturated rings. The van der Waals surface area contributed by atoms with Crippen LogP contribution in [0.5, 0.6) is 0 Å². The van der Waals surface area contributed by atoms with Crippen LogP contribution in [0.4, 0.5) is 0 Å². The van der Waals surface area contributed by atoms with Gasteiger partial charge in [-0.3, -0.25) is 9.05 Å².